The van der Waals surface area contributed by atoms with E-state index in [9.17, 15) is 13.2 Å². The molecule has 0 aliphatic heterocycles. The van der Waals surface area contributed by atoms with E-state index in [4.69, 9.17) is 0 Å². The molecule has 0 aromatic carbocycles. The predicted octanol–water partition coefficient (Wildman–Crippen LogP) is 0.123. The zero-order valence-electron chi connectivity index (χ0n) is 5.65. The van der Waals surface area contributed by atoms with Crippen LogP contribution < -0.4 is 0 Å². The molecule has 3 nitrogen and oxygen atoms in total. The number of rotatable bonds is 1. The van der Waals surface area contributed by atoms with Gasteiger partial charge in [0.2, 0.25) is 10.3 Å². The number of carbonyl (C=O) groups is 1. The zero-order valence-corrected chi connectivity index (χ0v) is 6.47. The molecule has 0 atom stereocenters. The molecule has 0 radical (unpaired) electrons. The zero-order chi connectivity index (χ0) is 8.27. The maximum Gasteiger partial charge on any atom is 0.218 e. The lowest BCUT2D eigenvalue weighted by atomic mass is 10.1. The van der Waals surface area contributed by atoms with Crippen LogP contribution in [-0.4, -0.2) is 19.6 Å². The van der Waals surface area contributed by atoms with Gasteiger partial charge in [0.05, 0.1) is 4.86 Å². The predicted molar refractivity (Wildman–Crippen MR) is 41.8 cm³/mol. The van der Waals surface area contributed by atoms with E-state index in [1.165, 1.54) is 6.08 Å². The third-order valence-corrected chi connectivity index (χ3v) is 2.17. The molecule has 0 unspecified atom stereocenters. The minimum atomic E-state index is -2.27. The first-order chi connectivity index (χ1) is 5.25. The van der Waals surface area contributed by atoms with E-state index in [1.807, 2.05) is 0 Å². The quantitative estimate of drug-likeness (QED) is 0.415. The maximum absolute atomic E-state index is 10.5. The summed E-state index contributed by atoms with van der Waals surface area (Å²) in [4.78, 5) is 10.4. The van der Waals surface area contributed by atoms with Crippen molar-refractivity contribution in [2.45, 2.75) is 6.42 Å². The largest absolute Gasteiger partial charge is 0.298 e. The summed E-state index contributed by atoms with van der Waals surface area (Å²) in [7, 11) is -2.27. The van der Waals surface area contributed by atoms with Crippen molar-refractivity contribution in [1.82, 2.24) is 0 Å². The van der Waals surface area contributed by atoms with Gasteiger partial charge in [-0.15, -0.1) is 0 Å². The number of aldehydes is 1. The Bertz CT molecular complexity index is 349. The molecule has 0 aromatic rings. The number of allylic oxidation sites excluding steroid dienone is 4. The van der Waals surface area contributed by atoms with E-state index >= 15 is 0 Å². The number of carbonyl (C=O) groups excluding carboxylic acids is 1. The topological polar surface area (TPSA) is 51.2 Å². The lowest BCUT2D eigenvalue weighted by Gasteiger charge is -2.00. The molecule has 0 fully saturated rings. The molecule has 4 heteroatoms. The monoisotopic (exact) mass is 170 g/mol. The molecule has 0 saturated heterocycles. The van der Waals surface area contributed by atoms with Crippen LogP contribution in [0.3, 0.4) is 0 Å². The molecular formula is C7H6O3S. The van der Waals surface area contributed by atoms with Crippen molar-refractivity contribution in [3.63, 3.8) is 0 Å². The summed E-state index contributed by atoms with van der Waals surface area (Å²) in [6, 6.07) is 0. The Kier molecular flexibility index (Phi) is 2.38. The number of hydrogen-bond acceptors (Lipinski definition) is 3. The van der Waals surface area contributed by atoms with E-state index in [1.54, 1.807) is 12.2 Å². The number of hydrogen-bond donors (Lipinski definition) is 0. The molecule has 1 rings (SSSR count). The summed E-state index contributed by atoms with van der Waals surface area (Å²) < 4.78 is 20.9. The van der Waals surface area contributed by atoms with E-state index in [0.29, 0.717) is 12.7 Å². The Morgan fingerprint density at radius 3 is 2.64 bits per heavy atom. The van der Waals surface area contributed by atoms with Crippen LogP contribution in [0.2, 0.25) is 0 Å². The summed E-state index contributed by atoms with van der Waals surface area (Å²) in [5, 5.41) is 0. The SMILES string of the molecule is O=CC1=CC=CCC1=S(=O)=O. The van der Waals surface area contributed by atoms with Crippen LogP contribution in [0.5, 0.6) is 0 Å². The van der Waals surface area contributed by atoms with Crippen LogP contribution in [0, 0.1) is 0 Å². The Labute approximate surface area is 65.6 Å². The fourth-order valence-electron chi connectivity index (χ4n) is 0.827. The van der Waals surface area contributed by atoms with Crippen LogP contribution in [0.4, 0.5) is 0 Å². The van der Waals surface area contributed by atoms with Crippen molar-refractivity contribution < 1.29 is 13.2 Å². The van der Waals surface area contributed by atoms with Crippen LogP contribution in [-0.2, 0) is 15.1 Å². The summed E-state index contributed by atoms with van der Waals surface area (Å²) in [6.07, 6.45) is 5.72. The van der Waals surface area contributed by atoms with Gasteiger partial charge in [-0.05, 0) is 0 Å². The van der Waals surface area contributed by atoms with Gasteiger partial charge < -0.3 is 0 Å². The van der Waals surface area contributed by atoms with E-state index in [2.05, 4.69) is 0 Å². The highest BCUT2D eigenvalue weighted by atomic mass is 32.2. The van der Waals surface area contributed by atoms with E-state index in [0.717, 1.165) is 0 Å². The first-order valence-corrected chi connectivity index (χ1v) is 4.10. The highest BCUT2D eigenvalue weighted by Crippen LogP contribution is 2.05. The summed E-state index contributed by atoms with van der Waals surface area (Å²) in [5.74, 6) is 0. The minimum absolute atomic E-state index is 0.169. The van der Waals surface area contributed by atoms with E-state index in [-0.39, 0.29) is 10.4 Å². The molecule has 0 N–H and O–H groups in total. The Balaban J connectivity index is 3.24. The van der Waals surface area contributed by atoms with Crippen molar-refractivity contribution >= 4 is 21.4 Å². The van der Waals surface area contributed by atoms with Crippen molar-refractivity contribution in [3.05, 3.63) is 23.8 Å². The van der Waals surface area contributed by atoms with Crippen LogP contribution in [0.15, 0.2) is 23.8 Å². The molecule has 0 bridgehead atoms. The van der Waals surface area contributed by atoms with Gasteiger partial charge in [-0.25, -0.2) is 0 Å². The summed E-state index contributed by atoms with van der Waals surface area (Å²) >= 11 is 0. The highest BCUT2D eigenvalue weighted by Gasteiger charge is 2.08. The molecule has 11 heavy (non-hydrogen) atoms. The van der Waals surface area contributed by atoms with E-state index < -0.39 is 10.3 Å². The first kappa shape index (κ1) is 7.94. The second-order valence-electron chi connectivity index (χ2n) is 2.03. The Hall–Kier alpha value is -1.16. The normalized spacial score (nSPS) is 16.0. The Morgan fingerprint density at radius 2 is 2.18 bits per heavy atom. The standard InChI is InChI=1S/C7H6O3S/c8-5-6-3-1-2-4-7(6)11(9)10/h1-3,5H,4H2. The maximum atomic E-state index is 10.5. The van der Waals surface area contributed by atoms with Gasteiger partial charge in [-0.2, -0.15) is 8.42 Å². The third kappa shape index (κ3) is 1.65. The van der Waals surface area contributed by atoms with Crippen molar-refractivity contribution in [1.29, 1.82) is 0 Å². The molecule has 1 aliphatic rings. The Morgan fingerprint density at radius 1 is 1.45 bits per heavy atom. The molecule has 0 saturated carbocycles. The average molecular weight is 170 g/mol. The van der Waals surface area contributed by atoms with Crippen LogP contribution in [0.1, 0.15) is 6.42 Å². The van der Waals surface area contributed by atoms with Gasteiger partial charge in [0.25, 0.3) is 0 Å². The first-order valence-electron chi connectivity index (χ1n) is 3.03. The second-order valence-corrected chi connectivity index (χ2v) is 2.99. The molecule has 0 spiro atoms. The average Bonchev–Trinajstić information content (AvgIpc) is 2.04. The molecule has 0 amide bonds. The molecule has 1 aliphatic carbocycles. The molecule has 0 heterocycles. The summed E-state index contributed by atoms with van der Waals surface area (Å²) in [6.45, 7) is 0. The third-order valence-electron chi connectivity index (χ3n) is 1.37. The van der Waals surface area contributed by atoms with Gasteiger partial charge >= 0.3 is 0 Å². The van der Waals surface area contributed by atoms with Gasteiger partial charge in [0.15, 0.2) is 6.29 Å². The fraction of sp³-hybridized carbons (Fsp3) is 0.143. The smallest absolute Gasteiger partial charge is 0.218 e. The van der Waals surface area contributed by atoms with Gasteiger partial charge in [-0.3, -0.25) is 4.79 Å². The van der Waals surface area contributed by atoms with Crippen molar-refractivity contribution in [3.8, 4) is 0 Å². The lowest BCUT2D eigenvalue weighted by Crippen LogP contribution is -2.06. The van der Waals surface area contributed by atoms with Gasteiger partial charge in [0.1, 0.15) is 0 Å². The van der Waals surface area contributed by atoms with Gasteiger partial charge in [-0.1, -0.05) is 18.2 Å². The van der Waals surface area contributed by atoms with Crippen LogP contribution in [0.25, 0.3) is 0 Å². The fourth-order valence-corrected chi connectivity index (χ4v) is 1.37. The van der Waals surface area contributed by atoms with Crippen molar-refractivity contribution in [2.75, 3.05) is 0 Å². The van der Waals surface area contributed by atoms with Crippen LogP contribution >= 0.6 is 0 Å². The highest BCUT2D eigenvalue weighted by molar-refractivity contribution is 7.73. The molecule has 0 aromatic heterocycles. The summed E-state index contributed by atoms with van der Waals surface area (Å²) in [5.41, 5.74) is 0.251. The minimum Gasteiger partial charge on any atom is -0.298 e. The molecule has 58 valence electrons. The lowest BCUT2D eigenvalue weighted by molar-refractivity contribution is -0.104. The van der Waals surface area contributed by atoms with Gasteiger partial charge in [0, 0.05) is 12.0 Å². The molecular weight excluding hydrogens is 164 g/mol. The van der Waals surface area contributed by atoms with Crippen molar-refractivity contribution in [2.24, 2.45) is 0 Å². The second kappa shape index (κ2) is 3.30.